The highest BCUT2D eigenvalue weighted by atomic mass is 19.1. The fourth-order valence-corrected chi connectivity index (χ4v) is 2.29. The number of carbonyl (C=O) groups is 1. The van der Waals surface area contributed by atoms with Crippen molar-refractivity contribution in [1.82, 2.24) is 0 Å². The molecule has 1 heterocycles. The number of ether oxygens (including phenoxy) is 2. The summed E-state index contributed by atoms with van der Waals surface area (Å²) in [5.41, 5.74) is 1.94. The largest absolute Gasteiger partial charge is 0.346 e. The van der Waals surface area contributed by atoms with Crippen LogP contribution in [0, 0.1) is 5.82 Å². The Balaban J connectivity index is 1.60. The van der Waals surface area contributed by atoms with Gasteiger partial charge in [0.2, 0.25) is 5.91 Å². The second-order valence-corrected chi connectivity index (χ2v) is 5.01. The van der Waals surface area contributed by atoms with Gasteiger partial charge in [0.25, 0.3) is 0 Å². The molecule has 1 aliphatic rings. The maximum Gasteiger partial charge on any atom is 0.228 e. The van der Waals surface area contributed by atoms with Crippen LogP contribution < -0.4 is 5.32 Å². The lowest BCUT2D eigenvalue weighted by molar-refractivity contribution is -0.115. The van der Waals surface area contributed by atoms with E-state index in [4.69, 9.17) is 9.47 Å². The molecule has 0 spiro atoms. The fourth-order valence-electron chi connectivity index (χ4n) is 2.29. The van der Waals surface area contributed by atoms with E-state index < -0.39 is 0 Å². The van der Waals surface area contributed by atoms with Crippen LogP contribution >= 0.6 is 0 Å². The van der Waals surface area contributed by atoms with Crippen molar-refractivity contribution in [1.29, 1.82) is 0 Å². The van der Waals surface area contributed by atoms with Crippen molar-refractivity contribution in [2.75, 3.05) is 18.5 Å². The molecule has 1 aliphatic heterocycles. The molecular formula is C17H16FNO3. The Kier molecular flexibility index (Phi) is 4.46. The molecule has 3 rings (SSSR count). The number of amides is 1. The zero-order valence-corrected chi connectivity index (χ0v) is 11.9. The van der Waals surface area contributed by atoms with Gasteiger partial charge in [0, 0.05) is 11.3 Å². The SMILES string of the molecule is O=C(Cc1ccccc1F)Nc1ccc(C2OCCO2)cc1. The highest BCUT2D eigenvalue weighted by Crippen LogP contribution is 2.24. The van der Waals surface area contributed by atoms with Crippen LogP contribution in [-0.2, 0) is 20.7 Å². The minimum atomic E-state index is -0.372. The number of hydrogen-bond donors (Lipinski definition) is 1. The smallest absolute Gasteiger partial charge is 0.228 e. The number of rotatable bonds is 4. The van der Waals surface area contributed by atoms with Crippen LogP contribution in [0.15, 0.2) is 48.5 Å². The lowest BCUT2D eigenvalue weighted by Gasteiger charge is -2.10. The average molecular weight is 301 g/mol. The van der Waals surface area contributed by atoms with Crippen LogP contribution in [0.4, 0.5) is 10.1 Å². The summed E-state index contributed by atoms with van der Waals surface area (Å²) in [7, 11) is 0. The molecule has 0 radical (unpaired) electrons. The molecule has 0 saturated carbocycles. The molecule has 1 fully saturated rings. The molecular weight excluding hydrogens is 285 g/mol. The maximum atomic E-state index is 13.5. The number of halogens is 1. The van der Waals surface area contributed by atoms with Crippen LogP contribution in [0.1, 0.15) is 17.4 Å². The van der Waals surface area contributed by atoms with Gasteiger partial charge in [0.15, 0.2) is 6.29 Å². The van der Waals surface area contributed by atoms with Gasteiger partial charge in [0.1, 0.15) is 5.82 Å². The topological polar surface area (TPSA) is 47.6 Å². The fraction of sp³-hybridized carbons (Fsp3) is 0.235. The van der Waals surface area contributed by atoms with Crippen molar-refractivity contribution in [2.45, 2.75) is 12.7 Å². The maximum absolute atomic E-state index is 13.5. The third kappa shape index (κ3) is 3.50. The Bertz CT molecular complexity index is 651. The Hall–Kier alpha value is -2.24. The summed E-state index contributed by atoms with van der Waals surface area (Å²) in [6, 6.07) is 13.5. The van der Waals surface area contributed by atoms with Crippen molar-refractivity contribution in [2.24, 2.45) is 0 Å². The second kappa shape index (κ2) is 6.68. The summed E-state index contributed by atoms with van der Waals surface area (Å²) in [6.07, 6.45) is -0.327. The first kappa shape index (κ1) is 14.7. The summed E-state index contributed by atoms with van der Waals surface area (Å²) in [6.45, 7) is 1.18. The van der Waals surface area contributed by atoms with Crippen molar-refractivity contribution in [3.63, 3.8) is 0 Å². The molecule has 114 valence electrons. The zero-order chi connectivity index (χ0) is 15.4. The number of hydrogen-bond acceptors (Lipinski definition) is 3. The molecule has 0 unspecified atom stereocenters. The van der Waals surface area contributed by atoms with Gasteiger partial charge < -0.3 is 14.8 Å². The van der Waals surface area contributed by atoms with E-state index in [1.165, 1.54) is 6.07 Å². The first-order chi connectivity index (χ1) is 10.7. The van der Waals surface area contributed by atoms with E-state index in [-0.39, 0.29) is 24.4 Å². The lowest BCUT2D eigenvalue weighted by Crippen LogP contribution is -2.15. The minimum absolute atomic E-state index is 0.00325. The molecule has 1 N–H and O–H groups in total. The molecule has 0 aliphatic carbocycles. The summed E-state index contributed by atoms with van der Waals surface area (Å²) in [4.78, 5) is 11.9. The molecule has 0 atom stereocenters. The van der Waals surface area contributed by atoms with E-state index in [9.17, 15) is 9.18 Å². The molecule has 0 bridgehead atoms. The van der Waals surface area contributed by atoms with Crippen LogP contribution in [-0.4, -0.2) is 19.1 Å². The van der Waals surface area contributed by atoms with Gasteiger partial charge in [0.05, 0.1) is 19.6 Å². The van der Waals surface area contributed by atoms with E-state index in [1.54, 1.807) is 30.3 Å². The van der Waals surface area contributed by atoms with Crippen molar-refractivity contribution in [3.05, 3.63) is 65.5 Å². The van der Waals surface area contributed by atoms with Crippen LogP contribution in [0.3, 0.4) is 0 Å². The van der Waals surface area contributed by atoms with E-state index in [1.807, 2.05) is 12.1 Å². The van der Waals surface area contributed by atoms with E-state index in [0.29, 0.717) is 24.5 Å². The molecule has 4 nitrogen and oxygen atoms in total. The van der Waals surface area contributed by atoms with Gasteiger partial charge >= 0.3 is 0 Å². The van der Waals surface area contributed by atoms with Gasteiger partial charge in [-0.2, -0.15) is 0 Å². The molecule has 22 heavy (non-hydrogen) atoms. The van der Waals surface area contributed by atoms with E-state index >= 15 is 0 Å². The zero-order valence-electron chi connectivity index (χ0n) is 11.9. The van der Waals surface area contributed by atoms with Gasteiger partial charge in [-0.1, -0.05) is 30.3 Å². The predicted octanol–water partition coefficient (Wildman–Crippen LogP) is 3.05. The third-order valence-corrected chi connectivity index (χ3v) is 3.40. The van der Waals surface area contributed by atoms with E-state index in [0.717, 1.165) is 5.56 Å². The summed E-state index contributed by atoms with van der Waals surface area (Å²) < 4.78 is 24.3. The monoisotopic (exact) mass is 301 g/mol. The summed E-state index contributed by atoms with van der Waals surface area (Å²) in [5.74, 6) is -0.630. The number of anilines is 1. The van der Waals surface area contributed by atoms with Crippen LogP contribution in [0.2, 0.25) is 0 Å². The van der Waals surface area contributed by atoms with Gasteiger partial charge in [-0.25, -0.2) is 4.39 Å². The standard InChI is InChI=1S/C17H16FNO3/c18-15-4-2-1-3-13(15)11-16(20)19-14-7-5-12(6-8-14)17-21-9-10-22-17/h1-8,17H,9-11H2,(H,19,20). The third-order valence-electron chi connectivity index (χ3n) is 3.40. The lowest BCUT2D eigenvalue weighted by atomic mass is 10.1. The molecule has 1 saturated heterocycles. The highest BCUT2D eigenvalue weighted by molar-refractivity contribution is 5.92. The molecule has 0 aromatic heterocycles. The number of nitrogens with one attached hydrogen (secondary N) is 1. The normalized spacial score (nSPS) is 15.0. The predicted molar refractivity (Wildman–Crippen MR) is 79.8 cm³/mol. The van der Waals surface area contributed by atoms with Crippen molar-refractivity contribution < 1.29 is 18.7 Å². The second-order valence-electron chi connectivity index (χ2n) is 5.01. The first-order valence-electron chi connectivity index (χ1n) is 7.09. The Morgan fingerprint density at radius 2 is 1.77 bits per heavy atom. The average Bonchev–Trinajstić information content (AvgIpc) is 3.05. The summed E-state index contributed by atoms with van der Waals surface area (Å²) >= 11 is 0. The molecule has 2 aromatic rings. The van der Waals surface area contributed by atoms with Gasteiger partial charge in [-0.15, -0.1) is 0 Å². The van der Waals surface area contributed by atoms with Crippen LogP contribution in [0.25, 0.3) is 0 Å². The Morgan fingerprint density at radius 1 is 1.09 bits per heavy atom. The highest BCUT2D eigenvalue weighted by Gasteiger charge is 2.18. The first-order valence-corrected chi connectivity index (χ1v) is 7.09. The number of benzene rings is 2. The molecule has 2 aromatic carbocycles. The Labute approximate surface area is 127 Å². The summed E-state index contributed by atoms with van der Waals surface area (Å²) in [5, 5.41) is 2.75. The molecule has 1 amide bonds. The molecule has 5 heteroatoms. The van der Waals surface area contributed by atoms with Crippen LogP contribution in [0.5, 0.6) is 0 Å². The van der Waals surface area contributed by atoms with Gasteiger partial charge in [-0.3, -0.25) is 4.79 Å². The van der Waals surface area contributed by atoms with E-state index in [2.05, 4.69) is 5.32 Å². The minimum Gasteiger partial charge on any atom is -0.346 e. The number of carbonyl (C=O) groups excluding carboxylic acids is 1. The quantitative estimate of drug-likeness (QED) is 0.944. The van der Waals surface area contributed by atoms with Crippen molar-refractivity contribution >= 4 is 11.6 Å². The Morgan fingerprint density at radius 3 is 2.45 bits per heavy atom. The van der Waals surface area contributed by atoms with Crippen molar-refractivity contribution in [3.8, 4) is 0 Å². The van der Waals surface area contributed by atoms with Gasteiger partial charge in [-0.05, 0) is 23.8 Å².